The summed E-state index contributed by atoms with van der Waals surface area (Å²) in [4.78, 5) is 12.1. The number of amides is 1. The third-order valence-corrected chi connectivity index (χ3v) is 3.38. The maximum Gasteiger partial charge on any atom is 0.263 e. The van der Waals surface area contributed by atoms with Crippen molar-refractivity contribution >= 4 is 11.7 Å². The Labute approximate surface area is 131 Å². The number of hydrogen-bond donors (Lipinski definition) is 1. The molecule has 0 aliphatic heterocycles. The standard InChI is InChI=1S/C17H23N3O2/c1-11(2)20-15(6-7-18-20)19-16(21)10-22-17-13(4)8-12(3)9-14(17)5/h6-9,11H,10H2,1-5H3,(H,19,21). The van der Waals surface area contributed by atoms with Crippen molar-refractivity contribution in [3.8, 4) is 5.75 Å². The van der Waals surface area contributed by atoms with E-state index in [0.717, 1.165) is 16.9 Å². The van der Waals surface area contributed by atoms with Gasteiger partial charge in [0.1, 0.15) is 11.6 Å². The highest BCUT2D eigenvalue weighted by atomic mass is 16.5. The molecule has 2 aromatic rings. The molecular formula is C17H23N3O2. The van der Waals surface area contributed by atoms with E-state index in [1.165, 1.54) is 5.56 Å². The van der Waals surface area contributed by atoms with Gasteiger partial charge in [0.25, 0.3) is 5.91 Å². The molecular weight excluding hydrogens is 278 g/mol. The highest BCUT2D eigenvalue weighted by Crippen LogP contribution is 2.24. The lowest BCUT2D eigenvalue weighted by Gasteiger charge is -2.14. The number of nitrogens with zero attached hydrogens (tertiary/aromatic N) is 2. The summed E-state index contributed by atoms with van der Waals surface area (Å²) in [6, 6.07) is 6.07. The van der Waals surface area contributed by atoms with Crippen LogP contribution in [0, 0.1) is 20.8 Å². The van der Waals surface area contributed by atoms with Crippen LogP contribution in [-0.2, 0) is 4.79 Å². The molecule has 0 bridgehead atoms. The largest absolute Gasteiger partial charge is 0.483 e. The molecule has 1 N–H and O–H groups in total. The molecule has 118 valence electrons. The van der Waals surface area contributed by atoms with E-state index in [4.69, 9.17) is 4.74 Å². The molecule has 0 spiro atoms. The molecule has 0 fully saturated rings. The van der Waals surface area contributed by atoms with Gasteiger partial charge >= 0.3 is 0 Å². The predicted octanol–water partition coefficient (Wildman–Crippen LogP) is 3.41. The first-order valence-corrected chi connectivity index (χ1v) is 7.42. The van der Waals surface area contributed by atoms with E-state index in [1.54, 1.807) is 16.9 Å². The van der Waals surface area contributed by atoms with Crippen LogP contribution < -0.4 is 10.1 Å². The Hall–Kier alpha value is -2.30. The lowest BCUT2D eigenvalue weighted by molar-refractivity contribution is -0.118. The highest BCUT2D eigenvalue weighted by molar-refractivity contribution is 5.91. The fourth-order valence-electron chi connectivity index (χ4n) is 2.54. The minimum absolute atomic E-state index is 0.0198. The van der Waals surface area contributed by atoms with Gasteiger partial charge in [-0.05, 0) is 45.7 Å². The molecule has 22 heavy (non-hydrogen) atoms. The summed E-state index contributed by atoms with van der Waals surface area (Å²) in [5, 5.41) is 7.02. The summed E-state index contributed by atoms with van der Waals surface area (Å²) in [5.74, 6) is 1.26. The molecule has 0 atom stereocenters. The van der Waals surface area contributed by atoms with Crippen LogP contribution in [0.3, 0.4) is 0 Å². The molecule has 0 saturated carbocycles. The number of anilines is 1. The number of nitrogens with one attached hydrogen (secondary N) is 1. The van der Waals surface area contributed by atoms with Crippen LogP contribution in [0.25, 0.3) is 0 Å². The van der Waals surface area contributed by atoms with Crippen LogP contribution in [0.15, 0.2) is 24.4 Å². The monoisotopic (exact) mass is 301 g/mol. The van der Waals surface area contributed by atoms with E-state index in [1.807, 2.05) is 46.8 Å². The van der Waals surface area contributed by atoms with Gasteiger partial charge in [-0.2, -0.15) is 5.10 Å². The Morgan fingerprint density at radius 1 is 1.27 bits per heavy atom. The normalized spacial score (nSPS) is 10.8. The predicted molar refractivity (Wildman–Crippen MR) is 87.4 cm³/mol. The van der Waals surface area contributed by atoms with Crippen LogP contribution in [-0.4, -0.2) is 22.3 Å². The molecule has 0 aliphatic carbocycles. The van der Waals surface area contributed by atoms with Gasteiger partial charge in [0.2, 0.25) is 0 Å². The van der Waals surface area contributed by atoms with E-state index in [0.29, 0.717) is 5.82 Å². The zero-order chi connectivity index (χ0) is 16.3. The Morgan fingerprint density at radius 2 is 1.91 bits per heavy atom. The first-order valence-electron chi connectivity index (χ1n) is 7.42. The lowest BCUT2D eigenvalue weighted by atomic mass is 10.1. The third kappa shape index (κ3) is 3.67. The van der Waals surface area contributed by atoms with Crippen molar-refractivity contribution in [3.63, 3.8) is 0 Å². The fraction of sp³-hybridized carbons (Fsp3) is 0.412. The van der Waals surface area contributed by atoms with Crippen molar-refractivity contribution in [2.24, 2.45) is 0 Å². The van der Waals surface area contributed by atoms with Crippen LogP contribution in [0.5, 0.6) is 5.75 Å². The second-order valence-corrected chi connectivity index (χ2v) is 5.82. The first-order chi connectivity index (χ1) is 10.4. The van der Waals surface area contributed by atoms with Crippen LogP contribution in [0.4, 0.5) is 5.82 Å². The van der Waals surface area contributed by atoms with Crippen molar-refractivity contribution in [1.29, 1.82) is 0 Å². The number of rotatable bonds is 5. The lowest BCUT2D eigenvalue weighted by Crippen LogP contribution is -2.23. The van der Waals surface area contributed by atoms with Crippen LogP contribution >= 0.6 is 0 Å². The van der Waals surface area contributed by atoms with Crippen molar-refractivity contribution in [1.82, 2.24) is 9.78 Å². The Morgan fingerprint density at radius 3 is 2.50 bits per heavy atom. The molecule has 1 amide bonds. The number of hydrogen-bond acceptors (Lipinski definition) is 3. The molecule has 0 unspecified atom stereocenters. The molecule has 2 rings (SSSR count). The van der Waals surface area contributed by atoms with Crippen LogP contribution in [0.1, 0.15) is 36.6 Å². The minimum Gasteiger partial charge on any atom is -0.483 e. The maximum atomic E-state index is 12.1. The molecule has 1 heterocycles. The zero-order valence-corrected chi connectivity index (χ0v) is 13.8. The van der Waals surface area contributed by atoms with Crippen molar-refractivity contribution in [2.45, 2.75) is 40.7 Å². The molecule has 5 nitrogen and oxygen atoms in total. The summed E-state index contributed by atoms with van der Waals surface area (Å²) < 4.78 is 7.46. The molecule has 0 saturated heterocycles. The van der Waals surface area contributed by atoms with Gasteiger partial charge in [0, 0.05) is 12.1 Å². The van der Waals surface area contributed by atoms with Gasteiger partial charge < -0.3 is 10.1 Å². The number of carbonyl (C=O) groups is 1. The molecule has 1 aromatic carbocycles. The number of aromatic nitrogens is 2. The second-order valence-electron chi connectivity index (χ2n) is 5.82. The third-order valence-electron chi connectivity index (χ3n) is 3.38. The summed E-state index contributed by atoms with van der Waals surface area (Å²) in [7, 11) is 0. The highest BCUT2D eigenvalue weighted by Gasteiger charge is 2.11. The van der Waals surface area contributed by atoms with Gasteiger partial charge in [-0.25, -0.2) is 4.68 Å². The van der Waals surface area contributed by atoms with Gasteiger partial charge in [-0.15, -0.1) is 0 Å². The Kier molecular flexibility index (Phi) is 4.85. The maximum absolute atomic E-state index is 12.1. The fourth-order valence-corrected chi connectivity index (χ4v) is 2.54. The number of ether oxygens (including phenoxy) is 1. The summed E-state index contributed by atoms with van der Waals surface area (Å²) in [6.07, 6.45) is 1.67. The number of benzene rings is 1. The Bertz CT molecular complexity index is 651. The van der Waals surface area contributed by atoms with Gasteiger partial charge in [0.15, 0.2) is 6.61 Å². The summed E-state index contributed by atoms with van der Waals surface area (Å²) in [5.41, 5.74) is 3.27. The van der Waals surface area contributed by atoms with Gasteiger partial charge in [0.05, 0.1) is 6.20 Å². The van der Waals surface area contributed by atoms with Crippen molar-refractivity contribution in [3.05, 3.63) is 41.1 Å². The topological polar surface area (TPSA) is 56.1 Å². The molecule has 1 aromatic heterocycles. The quantitative estimate of drug-likeness (QED) is 0.920. The number of carbonyl (C=O) groups excluding carboxylic acids is 1. The van der Waals surface area contributed by atoms with Crippen LogP contribution in [0.2, 0.25) is 0 Å². The summed E-state index contributed by atoms with van der Waals surface area (Å²) in [6.45, 7) is 10.0. The Balaban J connectivity index is 2.00. The molecule has 0 aliphatic rings. The second kappa shape index (κ2) is 6.64. The van der Waals surface area contributed by atoms with E-state index in [9.17, 15) is 4.79 Å². The summed E-state index contributed by atoms with van der Waals surface area (Å²) >= 11 is 0. The minimum atomic E-state index is -0.193. The van der Waals surface area contributed by atoms with E-state index >= 15 is 0 Å². The smallest absolute Gasteiger partial charge is 0.263 e. The average molecular weight is 301 g/mol. The van der Waals surface area contributed by atoms with E-state index in [2.05, 4.69) is 10.4 Å². The SMILES string of the molecule is Cc1cc(C)c(OCC(=O)Nc2ccnn2C(C)C)c(C)c1. The van der Waals surface area contributed by atoms with Crippen molar-refractivity contribution < 1.29 is 9.53 Å². The van der Waals surface area contributed by atoms with E-state index in [-0.39, 0.29) is 18.6 Å². The van der Waals surface area contributed by atoms with Gasteiger partial charge in [-0.3, -0.25) is 4.79 Å². The number of aryl methyl sites for hydroxylation is 3. The molecule has 5 heteroatoms. The van der Waals surface area contributed by atoms with Gasteiger partial charge in [-0.1, -0.05) is 17.7 Å². The first kappa shape index (κ1) is 16.1. The zero-order valence-electron chi connectivity index (χ0n) is 13.8. The van der Waals surface area contributed by atoms with E-state index < -0.39 is 0 Å². The van der Waals surface area contributed by atoms with Crippen molar-refractivity contribution in [2.75, 3.05) is 11.9 Å². The average Bonchev–Trinajstić information content (AvgIpc) is 2.85. The molecule has 0 radical (unpaired) electrons.